The number of anilines is 4. The van der Waals surface area contributed by atoms with E-state index in [1.54, 1.807) is 59.5 Å². The molecule has 0 aliphatic carbocycles. The minimum Gasteiger partial charge on any atom is -0.486 e. The Morgan fingerprint density at radius 1 is 0.771 bits per heavy atom. The number of fused-ring (bicyclic) bond motifs is 1. The van der Waals surface area contributed by atoms with Crippen LogP contribution in [0.15, 0.2) is 72.8 Å². The van der Waals surface area contributed by atoms with Crippen LogP contribution in [0.3, 0.4) is 0 Å². The molecule has 9 nitrogen and oxygen atoms in total. The molecule has 9 heteroatoms. The van der Waals surface area contributed by atoms with Crippen LogP contribution in [-0.2, 0) is 9.59 Å². The van der Waals surface area contributed by atoms with Crippen LogP contribution in [0.4, 0.5) is 27.5 Å². The van der Waals surface area contributed by atoms with Crippen molar-refractivity contribution in [1.82, 2.24) is 0 Å². The first kappa shape index (κ1) is 22.3. The van der Waals surface area contributed by atoms with Gasteiger partial charge in [0.15, 0.2) is 11.5 Å². The number of urea groups is 1. The van der Waals surface area contributed by atoms with E-state index in [1.165, 1.54) is 0 Å². The van der Waals surface area contributed by atoms with E-state index >= 15 is 0 Å². The number of benzene rings is 3. The van der Waals surface area contributed by atoms with Gasteiger partial charge in [-0.05, 0) is 42.5 Å². The molecule has 2 aliphatic heterocycles. The quantitative estimate of drug-likeness (QED) is 0.518. The summed E-state index contributed by atoms with van der Waals surface area (Å²) in [5.41, 5.74) is 2.39. The van der Waals surface area contributed by atoms with Crippen molar-refractivity contribution < 1.29 is 23.9 Å². The van der Waals surface area contributed by atoms with Crippen molar-refractivity contribution in [2.45, 2.75) is 6.42 Å². The second-order valence-electron chi connectivity index (χ2n) is 8.25. The van der Waals surface area contributed by atoms with E-state index in [0.29, 0.717) is 47.5 Å². The minimum atomic E-state index is -0.506. The first-order valence-corrected chi connectivity index (χ1v) is 11.3. The van der Waals surface area contributed by atoms with Gasteiger partial charge >= 0.3 is 6.03 Å². The van der Waals surface area contributed by atoms with Gasteiger partial charge in [0.1, 0.15) is 13.2 Å². The Bertz CT molecular complexity index is 1260. The average Bonchev–Trinajstić information content (AvgIpc) is 3.26. The Hall–Kier alpha value is -4.53. The van der Waals surface area contributed by atoms with Gasteiger partial charge in [-0.2, -0.15) is 0 Å². The first-order chi connectivity index (χ1) is 17.0. The van der Waals surface area contributed by atoms with Gasteiger partial charge in [-0.15, -0.1) is 0 Å². The SMILES string of the molecule is O=C(Nc1ccccc1)Nc1cccc(NC(=O)C2CC(=O)N(c3ccc4c(c3)OCCO4)C2)c1. The third kappa shape index (κ3) is 5.19. The fourth-order valence-electron chi connectivity index (χ4n) is 4.07. The van der Waals surface area contributed by atoms with E-state index in [0.717, 1.165) is 0 Å². The number of ether oxygens (including phenoxy) is 2. The topological polar surface area (TPSA) is 109 Å². The highest BCUT2D eigenvalue weighted by Crippen LogP contribution is 2.36. The zero-order valence-corrected chi connectivity index (χ0v) is 18.8. The van der Waals surface area contributed by atoms with Crippen molar-refractivity contribution >= 4 is 40.6 Å². The molecule has 1 fully saturated rings. The number of amides is 4. The molecule has 4 amide bonds. The van der Waals surface area contributed by atoms with Crippen LogP contribution in [0, 0.1) is 5.92 Å². The van der Waals surface area contributed by atoms with Gasteiger partial charge < -0.3 is 30.3 Å². The van der Waals surface area contributed by atoms with Crippen LogP contribution >= 0.6 is 0 Å². The van der Waals surface area contributed by atoms with E-state index in [4.69, 9.17) is 9.47 Å². The molecule has 35 heavy (non-hydrogen) atoms. The standard InChI is InChI=1S/C26H24N4O5/c31-24-13-17(16-30(24)21-9-10-22-23(15-21)35-12-11-34-22)25(32)27-19-7-4-8-20(14-19)29-26(33)28-18-5-2-1-3-6-18/h1-10,14-15,17H,11-13,16H2,(H,27,32)(H2,28,29,33). The average molecular weight is 473 g/mol. The molecule has 2 heterocycles. The summed E-state index contributed by atoms with van der Waals surface area (Å²) in [6, 6.07) is 20.9. The number of rotatable bonds is 5. The maximum atomic E-state index is 12.9. The molecule has 1 atom stereocenters. The Labute approximate surface area is 202 Å². The molecule has 0 spiro atoms. The monoisotopic (exact) mass is 472 g/mol. The lowest BCUT2D eigenvalue weighted by Gasteiger charge is -2.22. The highest BCUT2D eigenvalue weighted by Gasteiger charge is 2.35. The number of carbonyl (C=O) groups is 3. The Morgan fingerprint density at radius 2 is 1.46 bits per heavy atom. The maximum absolute atomic E-state index is 12.9. The third-order valence-electron chi connectivity index (χ3n) is 5.75. The van der Waals surface area contributed by atoms with Crippen LogP contribution in [0.2, 0.25) is 0 Å². The van der Waals surface area contributed by atoms with Gasteiger partial charge in [-0.25, -0.2) is 4.79 Å². The smallest absolute Gasteiger partial charge is 0.323 e. The van der Waals surface area contributed by atoms with Crippen molar-refractivity contribution in [2.24, 2.45) is 5.92 Å². The highest BCUT2D eigenvalue weighted by molar-refractivity contribution is 6.04. The molecular weight excluding hydrogens is 448 g/mol. The molecule has 1 saturated heterocycles. The summed E-state index contributed by atoms with van der Waals surface area (Å²) in [7, 11) is 0. The predicted octanol–water partition coefficient (Wildman–Crippen LogP) is 4.09. The fourth-order valence-corrected chi connectivity index (χ4v) is 4.07. The summed E-state index contributed by atoms with van der Waals surface area (Å²) >= 11 is 0. The van der Waals surface area contributed by atoms with Crippen LogP contribution in [-0.4, -0.2) is 37.6 Å². The molecule has 2 aliphatic rings. The van der Waals surface area contributed by atoms with Crippen LogP contribution in [0.1, 0.15) is 6.42 Å². The predicted molar refractivity (Wildman–Crippen MR) is 132 cm³/mol. The van der Waals surface area contributed by atoms with Gasteiger partial charge in [0.05, 0.1) is 5.92 Å². The lowest BCUT2D eigenvalue weighted by atomic mass is 10.1. The van der Waals surface area contributed by atoms with Crippen molar-refractivity contribution in [3.63, 3.8) is 0 Å². The molecule has 1 unspecified atom stereocenters. The van der Waals surface area contributed by atoms with E-state index in [1.807, 2.05) is 18.2 Å². The summed E-state index contributed by atoms with van der Waals surface area (Å²) in [6.07, 6.45) is 0.109. The third-order valence-corrected chi connectivity index (χ3v) is 5.75. The van der Waals surface area contributed by atoms with Crippen LogP contribution < -0.4 is 30.3 Å². The lowest BCUT2D eigenvalue weighted by Crippen LogP contribution is -2.28. The van der Waals surface area contributed by atoms with Crippen molar-refractivity contribution in [3.8, 4) is 11.5 Å². The van der Waals surface area contributed by atoms with E-state index in [9.17, 15) is 14.4 Å². The number of carbonyl (C=O) groups excluding carboxylic acids is 3. The zero-order chi connectivity index (χ0) is 24.2. The van der Waals surface area contributed by atoms with Gasteiger partial charge in [0, 0.05) is 41.8 Å². The molecule has 5 rings (SSSR count). The van der Waals surface area contributed by atoms with Crippen molar-refractivity contribution in [1.29, 1.82) is 0 Å². The van der Waals surface area contributed by atoms with E-state index in [-0.39, 0.29) is 24.8 Å². The van der Waals surface area contributed by atoms with Crippen molar-refractivity contribution in [2.75, 3.05) is 40.6 Å². The largest absolute Gasteiger partial charge is 0.486 e. The summed E-state index contributed by atoms with van der Waals surface area (Å²) in [5.74, 6) is 0.342. The summed E-state index contributed by atoms with van der Waals surface area (Å²) in [6.45, 7) is 1.21. The number of nitrogens with one attached hydrogen (secondary N) is 3. The molecule has 3 aromatic carbocycles. The normalized spacial score (nSPS) is 16.5. The zero-order valence-electron chi connectivity index (χ0n) is 18.8. The second-order valence-corrected chi connectivity index (χ2v) is 8.25. The summed E-state index contributed by atoms with van der Waals surface area (Å²) in [5, 5.41) is 8.35. The molecular formula is C26H24N4O5. The molecule has 3 aromatic rings. The van der Waals surface area contributed by atoms with Crippen LogP contribution in [0.5, 0.6) is 11.5 Å². The van der Waals surface area contributed by atoms with E-state index in [2.05, 4.69) is 16.0 Å². The molecule has 0 aromatic heterocycles. The first-order valence-electron chi connectivity index (χ1n) is 11.3. The van der Waals surface area contributed by atoms with Crippen molar-refractivity contribution in [3.05, 3.63) is 72.8 Å². The number of hydrogen-bond acceptors (Lipinski definition) is 5. The summed E-state index contributed by atoms with van der Waals surface area (Å²) in [4.78, 5) is 39.4. The Morgan fingerprint density at radius 3 is 2.26 bits per heavy atom. The molecule has 178 valence electrons. The Kier molecular flexibility index (Phi) is 6.21. The molecule has 0 saturated carbocycles. The minimum absolute atomic E-state index is 0.109. The van der Waals surface area contributed by atoms with Gasteiger partial charge in [-0.1, -0.05) is 24.3 Å². The van der Waals surface area contributed by atoms with Crippen LogP contribution in [0.25, 0.3) is 0 Å². The Balaban J connectivity index is 1.20. The summed E-state index contributed by atoms with van der Waals surface area (Å²) < 4.78 is 11.1. The lowest BCUT2D eigenvalue weighted by molar-refractivity contribution is -0.122. The maximum Gasteiger partial charge on any atom is 0.323 e. The van der Waals surface area contributed by atoms with Gasteiger partial charge in [-0.3, -0.25) is 9.59 Å². The number of nitrogens with zero attached hydrogens (tertiary/aromatic N) is 1. The fraction of sp³-hybridized carbons (Fsp3) is 0.192. The van der Waals surface area contributed by atoms with Gasteiger partial charge in [0.25, 0.3) is 0 Å². The molecule has 0 bridgehead atoms. The second kappa shape index (κ2) is 9.76. The molecule has 0 radical (unpaired) electrons. The van der Waals surface area contributed by atoms with Gasteiger partial charge in [0.2, 0.25) is 11.8 Å². The molecule has 3 N–H and O–H groups in total. The number of hydrogen-bond donors (Lipinski definition) is 3. The highest BCUT2D eigenvalue weighted by atomic mass is 16.6. The van der Waals surface area contributed by atoms with E-state index < -0.39 is 11.9 Å². The number of para-hydroxylation sites is 1.